The summed E-state index contributed by atoms with van der Waals surface area (Å²) in [7, 11) is 0. The SMILES string of the molecule is CSCCCCCCNC1CCC(C)c2ccccc21. The molecule has 1 aliphatic rings. The van der Waals surface area contributed by atoms with E-state index in [2.05, 4.69) is 42.8 Å². The van der Waals surface area contributed by atoms with Crippen LogP contribution >= 0.6 is 11.8 Å². The minimum atomic E-state index is 0.591. The molecule has 0 aliphatic heterocycles. The summed E-state index contributed by atoms with van der Waals surface area (Å²) >= 11 is 1.96. The fourth-order valence-electron chi connectivity index (χ4n) is 3.22. The van der Waals surface area contributed by atoms with Gasteiger partial charge in [0.05, 0.1) is 0 Å². The van der Waals surface area contributed by atoms with Crippen molar-refractivity contribution in [1.82, 2.24) is 5.32 Å². The molecule has 2 unspecified atom stereocenters. The molecule has 0 saturated heterocycles. The van der Waals surface area contributed by atoms with E-state index < -0.39 is 0 Å². The van der Waals surface area contributed by atoms with Gasteiger partial charge in [0.15, 0.2) is 0 Å². The van der Waals surface area contributed by atoms with E-state index in [1.54, 1.807) is 11.1 Å². The van der Waals surface area contributed by atoms with Crippen LogP contribution in [0.3, 0.4) is 0 Å². The van der Waals surface area contributed by atoms with Crippen molar-refractivity contribution in [3.8, 4) is 0 Å². The Labute approximate surface area is 128 Å². The van der Waals surface area contributed by atoms with Crippen LogP contribution in [-0.4, -0.2) is 18.6 Å². The van der Waals surface area contributed by atoms with Crippen LogP contribution in [0.1, 0.15) is 68.5 Å². The fraction of sp³-hybridized carbons (Fsp3) is 0.667. The highest BCUT2D eigenvalue weighted by Crippen LogP contribution is 2.36. The maximum Gasteiger partial charge on any atom is 0.0323 e. The van der Waals surface area contributed by atoms with E-state index in [9.17, 15) is 0 Å². The van der Waals surface area contributed by atoms with E-state index in [4.69, 9.17) is 0 Å². The molecule has 0 fully saturated rings. The standard InChI is InChI=1S/C18H29NS/c1-15-11-12-18(17-10-6-5-9-16(15)17)19-13-7-3-4-8-14-20-2/h5-6,9-10,15,18-19H,3-4,7-8,11-14H2,1-2H3. The van der Waals surface area contributed by atoms with Crippen LogP contribution in [0, 0.1) is 0 Å². The van der Waals surface area contributed by atoms with Crippen molar-refractivity contribution in [3.05, 3.63) is 35.4 Å². The summed E-state index contributed by atoms with van der Waals surface area (Å²) in [6, 6.07) is 9.60. The third-order valence-corrected chi connectivity index (χ3v) is 5.15. The van der Waals surface area contributed by atoms with Crippen molar-refractivity contribution < 1.29 is 0 Å². The largest absolute Gasteiger partial charge is 0.310 e. The lowest BCUT2D eigenvalue weighted by atomic mass is 9.81. The third-order valence-electron chi connectivity index (χ3n) is 4.46. The van der Waals surface area contributed by atoms with Gasteiger partial charge in [-0.25, -0.2) is 0 Å². The number of hydrogen-bond donors (Lipinski definition) is 1. The third kappa shape index (κ3) is 4.53. The van der Waals surface area contributed by atoms with Crippen molar-refractivity contribution in [2.75, 3.05) is 18.6 Å². The minimum absolute atomic E-state index is 0.591. The molecule has 0 spiro atoms. The van der Waals surface area contributed by atoms with Gasteiger partial charge in [-0.15, -0.1) is 0 Å². The smallest absolute Gasteiger partial charge is 0.0323 e. The summed E-state index contributed by atoms with van der Waals surface area (Å²) in [5, 5.41) is 3.78. The molecule has 0 aromatic heterocycles. The highest BCUT2D eigenvalue weighted by atomic mass is 32.2. The van der Waals surface area contributed by atoms with Gasteiger partial charge in [0.1, 0.15) is 0 Å². The van der Waals surface area contributed by atoms with Crippen LogP contribution in [0.25, 0.3) is 0 Å². The zero-order chi connectivity index (χ0) is 14.2. The Morgan fingerprint density at radius 2 is 1.80 bits per heavy atom. The predicted molar refractivity (Wildman–Crippen MR) is 91.7 cm³/mol. The number of benzene rings is 1. The number of fused-ring (bicyclic) bond motifs is 1. The average Bonchev–Trinajstić information content (AvgIpc) is 2.49. The molecule has 1 aromatic carbocycles. The molecule has 112 valence electrons. The summed E-state index contributed by atoms with van der Waals surface area (Å²) in [4.78, 5) is 0. The Morgan fingerprint density at radius 3 is 2.60 bits per heavy atom. The monoisotopic (exact) mass is 291 g/mol. The Balaban J connectivity index is 1.73. The Morgan fingerprint density at radius 1 is 1.05 bits per heavy atom. The van der Waals surface area contributed by atoms with Crippen molar-refractivity contribution in [2.24, 2.45) is 0 Å². The van der Waals surface area contributed by atoms with Crippen molar-refractivity contribution >= 4 is 11.8 Å². The van der Waals surface area contributed by atoms with Gasteiger partial charge in [-0.1, -0.05) is 44.0 Å². The zero-order valence-electron chi connectivity index (χ0n) is 13.0. The molecule has 0 heterocycles. The first kappa shape index (κ1) is 15.9. The highest BCUT2D eigenvalue weighted by molar-refractivity contribution is 7.98. The molecule has 20 heavy (non-hydrogen) atoms. The van der Waals surface area contributed by atoms with E-state index in [1.165, 1.54) is 50.8 Å². The Kier molecular flexibility index (Phi) is 6.95. The molecule has 0 bridgehead atoms. The van der Waals surface area contributed by atoms with Gasteiger partial charge in [0.2, 0.25) is 0 Å². The maximum atomic E-state index is 3.78. The molecule has 0 radical (unpaired) electrons. The van der Waals surface area contributed by atoms with Crippen LogP contribution in [-0.2, 0) is 0 Å². The first-order valence-electron chi connectivity index (χ1n) is 8.14. The van der Waals surface area contributed by atoms with Crippen LogP contribution in [0.4, 0.5) is 0 Å². The van der Waals surface area contributed by atoms with Crippen molar-refractivity contribution in [2.45, 2.75) is 57.4 Å². The van der Waals surface area contributed by atoms with Gasteiger partial charge in [-0.3, -0.25) is 0 Å². The fourth-order valence-corrected chi connectivity index (χ4v) is 3.71. The predicted octanol–water partition coefficient (Wildman–Crippen LogP) is 5.14. The van der Waals surface area contributed by atoms with Crippen LogP contribution in [0.5, 0.6) is 0 Å². The van der Waals surface area contributed by atoms with E-state index in [0.717, 1.165) is 5.92 Å². The number of unbranched alkanes of at least 4 members (excludes halogenated alkanes) is 3. The number of thioether (sulfide) groups is 1. The quantitative estimate of drug-likeness (QED) is 0.666. The summed E-state index contributed by atoms with van der Waals surface area (Å²) in [6.45, 7) is 3.54. The van der Waals surface area contributed by atoms with E-state index >= 15 is 0 Å². The van der Waals surface area contributed by atoms with Crippen molar-refractivity contribution in [1.29, 1.82) is 0 Å². The second-order valence-electron chi connectivity index (χ2n) is 6.02. The van der Waals surface area contributed by atoms with Gasteiger partial charge in [-0.2, -0.15) is 11.8 Å². The summed E-state index contributed by atoms with van der Waals surface area (Å²) in [5.74, 6) is 2.05. The number of rotatable bonds is 8. The molecule has 1 aromatic rings. The summed E-state index contributed by atoms with van der Waals surface area (Å²) in [5.41, 5.74) is 3.12. The first-order valence-corrected chi connectivity index (χ1v) is 9.53. The molecule has 2 atom stereocenters. The van der Waals surface area contributed by atoms with Gasteiger partial charge in [0.25, 0.3) is 0 Å². The molecule has 2 rings (SSSR count). The first-order chi connectivity index (χ1) is 9.83. The van der Waals surface area contributed by atoms with E-state index in [1.807, 2.05) is 11.8 Å². The second kappa shape index (κ2) is 8.74. The lowest BCUT2D eigenvalue weighted by Crippen LogP contribution is -2.27. The normalized spacial score (nSPS) is 21.7. The molecular formula is C18H29NS. The lowest BCUT2D eigenvalue weighted by Gasteiger charge is -2.30. The van der Waals surface area contributed by atoms with Gasteiger partial charge in [0, 0.05) is 6.04 Å². The summed E-state index contributed by atoms with van der Waals surface area (Å²) < 4.78 is 0. The molecular weight excluding hydrogens is 262 g/mol. The maximum absolute atomic E-state index is 3.78. The van der Waals surface area contributed by atoms with E-state index in [0.29, 0.717) is 6.04 Å². The minimum Gasteiger partial charge on any atom is -0.310 e. The highest BCUT2D eigenvalue weighted by Gasteiger charge is 2.23. The molecule has 1 nitrogen and oxygen atoms in total. The molecule has 0 saturated carbocycles. The second-order valence-corrected chi connectivity index (χ2v) is 7.01. The molecule has 1 N–H and O–H groups in total. The van der Waals surface area contributed by atoms with Gasteiger partial charge >= 0.3 is 0 Å². The Hall–Kier alpha value is -0.470. The van der Waals surface area contributed by atoms with Crippen LogP contribution < -0.4 is 5.32 Å². The molecule has 2 heteroatoms. The molecule has 0 amide bonds. The summed E-state index contributed by atoms with van der Waals surface area (Å²) in [6.07, 6.45) is 10.3. The van der Waals surface area contributed by atoms with Crippen LogP contribution in [0.2, 0.25) is 0 Å². The Bertz CT molecular complexity index is 391. The number of nitrogens with one attached hydrogen (secondary N) is 1. The van der Waals surface area contributed by atoms with Crippen molar-refractivity contribution in [3.63, 3.8) is 0 Å². The number of hydrogen-bond acceptors (Lipinski definition) is 2. The van der Waals surface area contributed by atoms with Gasteiger partial charge < -0.3 is 5.32 Å². The molecule has 1 aliphatic carbocycles. The lowest BCUT2D eigenvalue weighted by molar-refractivity contribution is 0.425. The average molecular weight is 292 g/mol. The van der Waals surface area contributed by atoms with E-state index in [-0.39, 0.29) is 0 Å². The van der Waals surface area contributed by atoms with Gasteiger partial charge in [-0.05, 0) is 61.3 Å². The topological polar surface area (TPSA) is 12.0 Å². The zero-order valence-corrected chi connectivity index (χ0v) is 13.8. The van der Waals surface area contributed by atoms with Crippen LogP contribution in [0.15, 0.2) is 24.3 Å².